The molecule has 0 aliphatic carbocycles. The fraction of sp³-hybridized carbons (Fsp3) is 0.636. The van der Waals surface area contributed by atoms with E-state index in [0.717, 1.165) is 12.2 Å². The van der Waals surface area contributed by atoms with Crippen molar-refractivity contribution in [3.8, 4) is 0 Å². The van der Waals surface area contributed by atoms with Gasteiger partial charge in [0.15, 0.2) is 0 Å². The summed E-state index contributed by atoms with van der Waals surface area (Å²) in [6.45, 7) is 6.16. The van der Waals surface area contributed by atoms with E-state index in [0.29, 0.717) is 19.0 Å². The van der Waals surface area contributed by atoms with E-state index in [1.54, 1.807) is 10.9 Å². The van der Waals surface area contributed by atoms with Crippen molar-refractivity contribution in [2.24, 2.45) is 11.7 Å². The first kappa shape index (κ1) is 15.1. The van der Waals surface area contributed by atoms with Gasteiger partial charge in [0.2, 0.25) is 5.91 Å². The van der Waals surface area contributed by atoms with Crippen LogP contribution in [0.25, 0.3) is 0 Å². The van der Waals surface area contributed by atoms with Crippen molar-refractivity contribution in [3.05, 3.63) is 11.9 Å². The Bertz CT molecular complexity index is 429. The molecule has 0 bridgehead atoms. The van der Waals surface area contributed by atoms with Crippen LogP contribution in [0.5, 0.6) is 0 Å². The van der Waals surface area contributed by atoms with Gasteiger partial charge in [0.1, 0.15) is 0 Å². The molecule has 1 rings (SSSR count). The van der Waals surface area contributed by atoms with E-state index < -0.39 is 11.9 Å². The first-order valence-corrected chi connectivity index (χ1v) is 6.16. The van der Waals surface area contributed by atoms with E-state index in [9.17, 15) is 9.59 Å². The number of hydrogen-bond acceptors (Lipinski definition) is 5. The molecule has 8 heteroatoms. The number of urea groups is 1. The van der Waals surface area contributed by atoms with Crippen LogP contribution in [0.2, 0.25) is 0 Å². The third-order valence-corrected chi connectivity index (χ3v) is 2.28. The zero-order valence-electron chi connectivity index (χ0n) is 11.2. The summed E-state index contributed by atoms with van der Waals surface area (Å²) in [5, 5.41) is 13.1. The number of nitrogens with one attached hydrogen (secondary N) is 2. The lowest BCUT2D eigenvalue weighted by molar-refractivity contribution is -0.120. The Kier molecular flexibility index (Phi) is 5.94. The van der Waals surface area contributed by atoms with Gasteiger partial charge in [-0.2, -0.15) is 0 Å². The second kappa shape index (κ2) is 7.47. The summed E-state index contributed by atoms with van der Waals surface area (Å²) in [4.78, 5) is 21.6. The molecule has 0 spiro atoms. The average Bonchev–Trinajstić information content (AvgIpc) is 2.73. The highest BCUT2D eigenvalue weighted by molar-refractivity contribution is 5.93. The van der Waals surface area contributed by atoms with E-state index in [4.69, 9.17) is 5.73 Å². The van der Waals surface area contributed by atoms with Gasteiger partial charge in [-0.15, -0.1) is 5.10 Å². The summed E-state index contributed by atoms with van der Waals surface area (Å²) >= 11 is 0. The van der Waals surface area contributed by atoms with E-state index in [1.807, 2.05) is 5.32 Å². The second-order valence-corrected chi connectivity index (χ2v) is 4.66. The van der Waals surface area contributed by atoms with Crippen molar-refractivity contribution in [1.29, 1.82) is 0 Å². The standard InChI is InChI=1S/C11H20N6O2/c1-8(2)5-13-6-9-7-17(16-15-9)4-3-10(18)14-11(12)19/h7-8,13H,3-6H2,1-2H3,(H3,12,14,18,19). The van der Waals surface area contributed by atoms with E-state index in [-0.39, 0.29) is 6.42 Å². The van der Waals surface area contributed by atoms with Crippen molar-refractivity contribution < 1.29 is 9.59 Å². The second-order valence-electron chi connectivity index (χ2n) is 4.66. The van der Waals surface area contributed by atoms with Gasteiger partial charge in [0, 0.05) is 19.2 Å². The lowest BCUT2D eigenvalue weighted by Crippen LogP contribution is -2.35. The summed E-state index contributed by atoms with van der Waals surface area (Å²) in [7, 11) is 0. The molecular weight excluding hydrogens is 248 g/mol. The molecule has 8 nitrogen and oxygen atoms in total. The monoisotopic (exact) mass is 268 g/mol. The van der Waals surface area contributed by atoms with Crippen LogP contribution >= 0.6 is 0 Å². The molecule has 1 aromatic heterocycles. The number of rotatable bonds is 7. The first-order valence-electron chi connectivity index (χ1n) is 6.16. The van der Waals surface area contributed by atoms with Gasteiger partial charge < -0.3 is 11.1 Å². The molecule has 106 valence electrons. The molecule has 0 saturated carbocycles. The van der Waals surface area contributed by atoms with Crippen LogP contribution in [0, 0.1) is 5.92 Å². The van der Waals surface area contributed by atoms with Crippen LogP contribution in [0.4, 0.5) is 4.79 Å². The zero-order chi connectivity index (χ0) is 14.3. The Morgan fingerprint density at radius 2 is 2.21 bits per heavy atom. The molecule has 0 aliphatic rings. The van der Waals surface area contributed by atoms with Crippen LogP contribution in [-0.4, -0.2) is 33.5 Å². The number of amides is 3. The molecule has 19 heavy (non-hydrogen) atoms. The number of hydrogen-bond donors (Lipinski definition) is 3. The molecule has 3 amide bonds. The lowest BCUT2D eigenvalue weighted by atomic mass is 10.2. The third kappa shape index (κ3) is 6.51. The van der Waals surface area contributed by atoms with Gasteiger partial charge >= 0.3 is 6.03 Å². The molecule has 0 radical (unpaired) electrons. The van der Waals surface area contributed by atoms with Gasteiger partial charge in [0.05, 0.1) is 12.2 Å². The maximum atomic E-state index is 11.2. The highest BCUT2D eigenvalue weighted by atomic mass is 16.2. The van der Waals surface area contributed by atoms with Crippen molar-refractivity contribution >= 4 is 11.9 Å². The maximum absolute atomic E-state index is 11.2. The number of carbonyl (C=O) groups excluding carboxylic acids is 2. The number of aromatic nitrogens is 3. The minimum atomic E-state index is -0.845. The highest BCUT2D eigenvalue weighted by Crippen LogP contribution is 1.96. The largest absolute Gasteiger partial charge is 0.351 e. The summed E-state index contributed by atoms with van der Waals surface area (Å²) < 4.78 is 1.56. The van der Waals surface area contributed by atoms with E-state index >= 15 is 0 Å². The van der Waals surface area contributed by atoms with Gasteiger partial charge in [-0.3, -0.25) is 14.8 Å². The fourth-order valence-corrected chi connectivity index (χ4v) is 1.43. The van der Waals surface area contributed by atoms with Crippen molar-refractivity contribution in [2.75, 3.05) is 6.54 Å². The molecule has 0 aromatic carbocycles. The van der Waals surface area contributed by atoms with Crippen molar-refractivity contribution in [2.45, 2.75) is 33.4 Å². The highest BCUT2D eigenvalue weighted by Gasteiger charge is 2.06. The first-order chi connectivity index (χ1) is 8.97. The summed E-state index contributed by atoms with van der Waals surface area (Å²) in [6, 6.07) is -0.845. The number of primary amides is 1. The molecule has 1 heterocycles. The fourth-order valence-electron chi connectivity index (χ4n) is 1.43. The van der Waals surface area contributed by atoms with Crippen LogP contribution < -0.4 is 16.4 Å². The molecule has 0 saturated heterocycles. The zero-order valence-corrected chi connectivity index (χ0v) is 11.2. The minimum Gasteiger partial charge on any atom is -0.351 e. The van der Waals surface area contributed by atoms with Crippen molar-refractivity contribution in [3.63, 3.8) is 0 Å². The topological polar surface area (TPSA) is 115 Å². The Balaban J connectivity index is 2.30. The lowest BCUT2D eigenvalue weighted by Gasteiger charge is -2.04. The number of nitrogens with two attached hydrogens (primary N) is 1. The van der Waals surface area contributed by atoms with Gasteiger partial charge in [-0.1, -0.05) is 19.1 Å². The number of nitrogens with zero attached hydrogens (tertiary/aromatic N) is 3. The normalized spacial score (nSPS) is 10.7. The summed E-state index contributed by atoms with van der Waals surface area (Å²) in [5.41, 5.74) is 5.65. The Morgan fingerprint density at radius 3 is 2.84 bits per heavy atom. The van der Waals surface area contributed by atoms with Gasteiger partial charge in [0.25, 0.3) is 0 Å². The molecule has 0 atom stereocenters. The van der Waals surface area contributed by atoms with Gasteiger partial charge in [-0.25, -0.2) is 4.79 Å². The summed E-state index contributed by atoms with van der Waals surface area (Å²) in [6.07, 6.45) is 1.90. The number of aryl methyl sites for hydroxylation is 1. The molecule has 0 unspecified atom stereocenters. The van der Waals surface area contributed by atoms with E-state index in [1.165, 1.54) is 0 Å². The molecular formula is C11H20N6O2. The van der Waals surface area contributed by atoms with Crippen molar-refractivity contribution in [1.82, 2.24) is 25.6 Å². The maximum Gasteiger partial charge on any atom is 0.318 e. The van der Waals surface area contributed by atoms with E-state index in [2.05, 4.69) is 29.5 Å². The predicted octanol–water partition coefficient (Wildman–Crippen LogP) is -0.391. The molecule has 4 N–H and O–H groups in total. The molecule has 1 aromatic rings. The smallest absolute Gasteiger partial charge is 0.318 e. The quantitative estimate of drug-likeness (QED) is 0.623. The third-order valence-electron chi connectivity index (χ3n) is 2.28. The predicted molar refractivity (Wildman–Crippen MR) is 68.9 cm³/mol. The molecule has 0 fully saturated rings. The SMILES string of the molecule is CC(C)CNCc1cn(CCC(=O)NC(N)=O)nn1. The van der Waals surface area contributed by atoms with Crippen LogP contribution in [0.1, 0.15) is 26.0 Å². The van der Waals surface area contributed by atoms with Gasteiger partial charge in [-0.05, 0) is 12.5 Å². The number of carbonyl (C=O) groups is 2. The van der Waals surface area contributed by atoms with Crippen LogP contribution in [0.15, 0.2) is 6.20 Å². The van der Waals surface area contributed by atoms with Crippen LogP contribution in [0.3, 0.4) is 0 Å². The number of imide groups is 1. The average molecular weight is 268 g/mol. The van der Waals surface area contributed by atoms with Crippen LogP contribution in [-0.2, 0) is 17.9 Å². The Labute approximate surface area is 111 Å². The Hall–Kier alpha value is -1.96. The Morgan fingerprint density at radius 1 is 1.47 bits per heavy atom. The molecule has 0 aliphatic heterocycles. The minimum absolute atomic E-state index is 0.130. The summed E-state index contributed by atoms with van der Waals surface area (Å²) in [5.74, 6) is 0.148.